The molecule has 4 heterocycles. The van der Waals surface area contributed by atoms with Crippen molar-refractivity contribution < 1.29 is 19.1 Å². The van der Waals surface area contributed by atoms with Crippen LogP contribution < -0.4 is 5.32 Å². The van der Waals surface area contributed by atoms with Crippen molar-refractivity contribution in [1.82, 2.24) is 20.0 Å². The van der Waals surface area contributed by atoms with Gasteiger partial charge in [-0.2, -0.15) is 0 Å². The number of rotatable bonds is 3. The Morgan fingerprint density at radius 3 is 2.63 bits per heavy atom. The van der Waals surface area contributed by atoms with E-state index in [2.05, 4.69) is 17.1 Å². The fraction of sp³-hybridized carbons (Fsp3) is 0.842. The lowest BCUT2D eigenvalue weighted by molar-refractivity contribution is -0.145. The summed E-state index contributed by atoms with van der Waals surface area (Å²) in [5.74, 6) is -0.0881. The Morgan fingerprint density at radius 1 is 1.19 bits per heavy atom. The van der Waals surface area contributed by atoms with E-state index in [4.69, 9.17) is 4.74 Å². The molecule has 8 nitrogen and oxygen atoms in total. The lowest BCUT2D eigenvalue weighted by Gasteiger charge is -2.39. The van der Waals surface area contributed by atoms with Gasteiger partial charge >= 0.3 is 6.03 Å². The lowest BCUT2D eigenvalue weighted by Crippen LogP contribution is -2.56. The molecule has 0 aromatic carbocycles. The smallest absolute Gasteiger partial charge is 0.325 e. The van der Waals surface area contributed by atoms with Gasteiger partial charge in [0, 0.05) is 32.8 Å². The molecule has 0 unspecified atom stereocenters. The fourth-order valence-electron chi connectivity index (χ4n) is 4.90. The van der Waals surface area contributed by atoms with Crippen molar-refractivity contribution in [1.29, 1.82) is 0 Å². The monoisotopic (exact) mass is 378 g/mol. The van der Waals surface area contributed by atoms with Gasteiger partial charge in [-0.05, 0) is 45.1 Å². The third kappa shape index (κ3) is 3.33. The molecule has 2 atom stereocenters. The van der Waals surface area contributed by atoms with Crippen LogP contribution in [0.25, 0.3) is 0 Å². The largest absolute Gasteiger partial charge is 0.368 e. The summed E-state index contributed by atoms with van der Waals surface area (Å²) < 4.78 is 5.53. The molecule has 1 N–H and O–H groups in total. The molecule has 0 saturated carbocycles. The maximum Gasteiger partial charge on any atom is 0.325 e. The number of hydrogen-bond acceptors (Lipinski definition) is 5. The van der Waals surface area contributed by atoms with Crippen molar-refractivity contribution in [2.24, 2.45) is 0 Å². The minimum Gasteiger partial charge on any atom is -0.368 e. The van der Waals surface area contributed by atoms with E-state index in [9.17, 15) is 14.4 Å². The second-order valence-corrected chi connectivity index (χ2v) is 8.20. The molecule has 0 bridgehead atoms. The van der Waals surface area contributed by atoms with Crippen molar-refractivity contribution in [2.75, 3.05) is 39.3 Å². The van der Waals surface area contributed by atoms with E-state index in [0.717, 1.165) is 45.3 Å². The first kappa shape index (κ1) is 18.7. The summed E-state index contributed by atoms with van der Waals surface area (Å²) in [7, 11) is 0. The second kappa shape index (κ2) is 7.39. The summed E-state index contributed by atoms with van der Waals surface area (Å²) in [5.41, 5.74) is -0.746. The molecule has 4 saturated heterocycles. The van der Waals surface area contributed by atoms with Gasteiger partial charge in [0.05, 0.1) is 6.04 Å². The highest BCUT2D eigenvalue weighted by Crippen LogP contribution is 2.32. The number of imide groups is 1. The molecule has 4 aliphatic heterocycles. The van der Waals surface area contributed by atoms with Gasteiger partial charge in [-0.25, -0.2) is 4.79 Å². The molecule has 0 aromatic heterocycles. The number of nitrogens with zero attached hydrogens (tertiary/aromatic N) is 3. The van der Waals surface area contributed by atoms with Crippen LogP contribution in [0.2, 0.25) is 0 Å². The average Bonchev–Trinajstić information content (AvgIpc) is 3.30. The molecule has 4 fully saturated rings. The molecule has 27 heavy (non-hydrogen) atoms. The fourth-order valence-corrected chi connectivity index (χ4v) is 4.90. The molecule has 8 heteroatoms. The van der Waals surface area contributed by atoms with E-state index in [1.165, 1.54) is 4.90 Å². The summed E-state index contributed by atoms with van der Waals surface area (Å²) in [5, 5.41) is 2.99. The van der Waals surface area contributed by atoms with Crippen LogP contribution in [0.4, 0.5) is 4.79 Å². The molecule has 0 radical (unpaired) electrons. The summed E-state index contributed by atoms with van der Waals surface area (Å²) in [6.07, 6.45) is 4.21. The summed E-state index contributed by atoms with van der Waals surface area (Å²) in [6, 6.07) is -0.526. The maximum absolute atomic E-state index is 13.2. The Kier molecular flexibility index (Phi) is 5.11. The zero-order chi connectivity index (χ0) is 19.0. The number of hydrogen-bond donors (Lipinski definition) is 1. The molecular formula is C19H30N4O4. The van der Waals surface area contributed by atoms with Crippen molar-refractivity contribution in [3.63, 3.8) is 0 Å². The minimum absolute atomic E-state index is 0.00946. The van der Waals surface area contributed by atoms with E-state index in [1.54, 1.807) is 4.90 Å². The Labute approximate surface area is 160 Å². The van der Waals surface area contributed by atoms with Gasteiger partial charge in [0.1, 0.15) is 11.6 Å². The van der Waals surface area contributed by atoms with Gasteiger partial charge < -0.3 is 19.9 Å². The van der Waals surface area contributed by atoms with Gasteiger partial charge in [0.25, 0.3) is 11.8 Å². The van der Waals surface area contributed by atoms with Gasteiger partial charge in [-0.1, -0.05) is 6.92 Å². The van der Waals surface area contributed by atoms with Gasteiger partial charge in [-0.15, -0.1) is 0 Å². The van der Waals surface area contributed by atoms with Crippen LogP contribution in [0, 0.1) is 0 Å². The Balaban J connectivity index is 1.44. The highest BCUT2D eigenvalue weighted by molar-refractivity contribution is 6.07. The molecule has 0 aromatic rings. The second-order valence-electron chi connectivity index (χ2n) is 8.20. The van der Waals surface area contributed by atoms with Gasteiger partial charge in [0.2, 0.25) is 0 Å². The van der Waals surface area contributed by atoms with Crippen molar-refractivity contribution >= 4 is 17.8 Å². The van der Waals surface area contributed by atoms with E-state index in [0.29, 0.717) is 32.5 Å². The Hall–Kier alpha value is -1.67. The van der Waals surface area contributed by atoms with Gasteiger partial charge in [-0.3, -0.25) is 14.5 Å². The van der Waals surface area contributed by atoms with E-state index >= 15 is 0 Å². The number of ether oxygens (including phenoxy) is 1. The molecular weight excluding hydrogens is 348 g/mol. The molecule has 150 valence electrons. The van der Waals surface area contributed by atoms with Crippen LogP contribution in [0.15, 0.2) is 0 Å². The van der Waals surface area contributed by atoms with Crippen LogP contribution in [0.5, 0.6) is 0 Å². The first-order chi connectivity index (χ1) is 13.0. The molecule has 1 spiro atoms. The third-order valence-electron chi connectivity index (χ3n) is 6.63. The molecule has 4 rings (SSSR count). The van der Waals surface area contributed by atoms with Crippen LogP contribution in [-0.4, -0.2) is 89.6 Å². The van der Waals surface area contributed by atoms with Crippen molar-refractivity contribution in [3.05, 3.63) is 0 Å². The topological polar surface area (TPSA) is 82.2 Å². The zero-order valence-corrected chi connectivity index (χ0v) is 16.1. The first-order valence-corrected chi connectivity index (χ1v) is 10.3. The van der Waals surface area contributed by atoms with Crippen LogP contribution in [0.3, 0.4) is 0 Å². The quantitative estimate of drug-likeness (QED) is 0.726. The first-order valence-electron chi connectivity index (χ1n) is 10.3. The highest BCUT2D eigenvalue weighted by Gasteiger charge is 2.54. The number of piperidine rings is 2. The predicted octanol–water partition coefficient (Wildman–Crippen LogP) is 0.563. The van der Waals surface area contributed by atoms with Crippen LogP contribution in [-0.2, 0) is 14.3 Å². The molecule has 4 amide bonds. The molecule has 4 aliphatic rings. The number of amides is 4. The number of likely N-dealkylation sites (tertiary alicyclic amines) is 2. The van der Waals surface area contributed by atoms with E-state index in [-0.39, 0.29) is 30.0 Å². The minimum atomic E-state index is -0.746. The Bertz CT molecular complexity index is 611. The third-order valence-corrected chi connectivity index (χ3v) is 6.63. The predicted molar refractivity (Wildman–Crippen MR) is 98.0 cm³/mol. The van der Waals surface area contributed by atoms with Crippen molar-refractivity contribution in [3.8, 4) is 0 Å². The van der Waals surface area contributed by atoms with E-state index in [1.807, 2.05) is 0 Å². The van der Waals surface area contributed by atoms with Crippen LogP contribution >= 0.6 is 0 Å². The van der Waals surface area contributed by atoms with Crippen LogP contribution in [0.1, 0.15) is 45.4 Å². The summed E-state index contributed by atoms with van der Waals surface area (Å²) in [6.45, 7) is 6.46. The average molecular weight is 378 g/mol. The van der Waals surface area contributed by atoms with Crippen molar-refractivity contribution in [2.45, 2.75) is 63.1 Å². The SMILES string of the molecule is CCN1CCC2(CC1)NC(=O)N([C@@H]1CCCN(C(=O)[C@H]3CCCO3)C1)C2=O. The number of urea groups is 1. The van der Waals surface area contributed by atoms with E-state index < -0.39 is 5.54 Å². The zero-order valence-electron chi connectivity index (χ0n) is 16.1. The Morgan fingerprint density at radius 2 is 1.96 bits per heavy atom. The normalized spacial score (nSPS) is 31.6. The number of carbonyl (C=O) groups excluding carboxylic acids is 3. The standard InChI is InChI=1S/C19H30N4O4/c1-2-21-10-7-19(8-11-21)17(25)23(18(26)20-19)14-5-3-9-22(13-14)16(24)15-6-4-12-27-15/h14-15H,2-13H2,1H3,(H,20,26)/t14-,15-/m1/s1. The lowest BCUT2D eigenvalue weighted by atomic mass is 9.87. The highest BCUT2D eigenvalue weighted by atomic mass is 16.5. The molecule has 0 aliphatic carbocycles. The maximum atomic E-state index is 13.2. The number of nitrogens with one attached hydrogen (secondary N) is 1. The number of carbonyl (C=O) groups is 3. The van der Waals surface area contributed by atoms with Gasteiger partial charge in [0.15, 0.2) is 0 Å². The summed E-state index contributed by atoms with van der Waals surface area (Å²) in [4.78, 5) is 44.1. The summed E-state index contributed by atoms with van der Waals surface area (Å²) >= 11 is 0.